The van der Waals surface area contributed by atoms with E-state index in [9.17, 15) is 0 Å². The minimum Gasteiger partial charge on any atom is -0.152 e. The molecule has 0 amide bonds. The molecular weight excluding hydrogens is 236 g/mol. The minimum absolute atomic E-state index is 1.42. The summed E-state index contributed by atoms with van der Waals surface area (Å²) in [7, 11) is -1.42. The molecule has 76 valence electrons. The SMILES string of the molecule is C[Si]1(C)c2cscc2C=Cc2cscc21. The van der Waals surface area contributed by atoms with Gasteiger partial charge in [0.1, 0.15) is 8.07 Å². The molecule has 0 fully saturated rings. The lowest BCUT2D eigenvalue weighted by atomic mass is 10.2. The maximum Gasteiger partial charge on any atom is 0.115 e. The quantitative estimate of drug-likeness (QED) is 0.629. The average Bonchev–Trinajstić information content (AvgIpc) is 2.82. The zero-order valence-corrected chi connectivity index (χ0v) is 11.4. The summed E-state index contributed by atoms with van der Waals surface area (Å²) >= 11 is 3.66. The monoisotopic (exact) mass is 248 g/mol. The van der Waals surface area contributed by atoms with E-state index in [4.69, 9.17) is 0 Å². The molecule has 0 aliphatic carbocycles. The van der Waals surface area contributed by atoms with Gasteiger partial charge < -0.3 is 0 Å². The average molecular weight is 248 g/mol. The largest absolute Gasteiger partial charge is 0.152 e. The Morgan fingerprint density at radius 2 is 1.27 bits per heavy atom. The zero-order chi connectivity index (χ0) is 10.5. The highest BCUT2D eigenvalue weighted by Gasteiger charge is 2.32. The van der Waals surface area contributed by atoms with Crippen LogP contribution >= 0.6 is 22.7 Å². The highest BCUT2D eigenvalue weighted by atomic mass is 32.1. The van der Waals surface area contributed by atoms with Crippen LogP contribution in [0.5, 0.6) is 0 Å². The van der Waals surface area contributed by atoms with Crippen molar-refractivity contribution < 1.29 is 0 Å². The number of rotatable bonds is 0. The Bertz CT molecular complexity index is 485. The first-order valence-electron chi connectivity index (χ1n) is 5.01. The lowest BCUT2D eigenvalue weighted by molar-refractivity contribution is 1.79. The predicted molar refractivity (Wildman–Crippen MR) is 74.3 cm³/mol. The molecule has 0 N–H and O–H groups in total. The molecule has 15 heavy (non-hydrogen) atoms. The molecule has 2 aromatic rings. The molecule has 3 rings (SSSR count). The third kappa shape index (κ3) is 1.30. The van der Waals surface area contributed by atoms with Crippen LogP contribution in [0.1, 0.15) is 11.1 Å². The number of thiophene rings is 2. The van der Waals surface area contributed by atoms with Gasteiger partial charge in [-0.1, -0.05) is 25.2 Å². The number of hydrogen-bond donors (Lipinski definition) is 0. The van der Waals surface area contributed by atoms with E-state index in [0.29, 0.717) is 0 Å². The summed E-state index contributed by atoms with van der Waals surface area (Å²) in [6.45, 7) is 4.91. The maximum atomic E-state index is 2.46. The molecule has 0 atom stereocenters. The van der Waals surface area contributed by atoms with E-state index >= 15 is 0 Å². The second-order valence-corrected chi connectivity index (χ2v) is 10.3. The summed E-state index contributed by atoms with van der Waals surface area (Å²) in [5.41, 5.74) is 2.88. The fraction of sp³-hybridized carbons (Fsp3) is 0.167. The first-order chi connectivity index (χ1) is 7.19. The normalized spacial score (nSPS) is 16.9. The molecule has 3 heteroatoms. The summed E-state index contributed by atoms with van der Waals surface area (Å²) in [5, 5.41) is 12.4. The fourth-order valence-electron chi connectivity index (χ4n) is 2.21. The van der Waals surface area contributed by atoms with Gasteiger partial charge in [0, 0.05) is 0 Å². The van der Waals surface area contributed by atoms with Gasteiger partial charge in [-0.15, -0.1) is 0 Å². The van der Waals surface area contributed by atoms with Gasteiger partial charge in [0.2, 0.25) is 0 Å². The van der Waals surface area contributed by atoms with Crippen molar-refractivity contribution in [2.75, 3.05) is 0 Å². The van der Waals surface area contributed by atoms with E-state index in [1.54, 1.807) is 10.4 Å². The van der Waals surface area contributed by atoms with Crippen molar-refractivity contribution in [3.63, 3.8) is 0 Å². The third-order valence-corrected chi connectivity index (χ3v) is 8.67. The molecule has 0 saturated carbocycles. The summed E-state index contributed by atoms with van der Waals surface area (Å²) in [5.74, 6) is 0. The van der Waals surface area contributed by atoms with Gasteiger partial charge in [-0.25, -0.2) is 0 Å². The van der Waals surface area contributed by atoms with Crippen LogP contribution in [0.3, 0.4) is 0 Å². The Hall–Kier alpha value is -0.643. The maximum absolute atomic E-state index is 2.46. The number of hydrogen-bond acceptors (Lipinski definition) is 2. The molecule has 0 saturated heterocycles. The Morgan fingerprint density at radius 1 is 0.800 bits per heavy atom. The van der Waals surface area contributed by atoms with Crippen LogP contribution in [0.25, 0.3) is 12.2 Å². The van der Waals surface area contributed by atoms with Gasteiger partial charge in [0.25, 0.3) is 0 Å². The molecule has 3 heterocycles. The van der Waals surface area contributed by atoms with Crippen LogP contribution in [0, 0.1) is 0 Å². The van der Waals surface area contributed by atoms with Crippen LogP contribution in [-0.4, -0.2) is 8.07 Å². The Kier molecular flexibility index (Phi) is 2.02. The summed E-state index contributed by atoms with van der Waals surface area (Å²) in [6, 6.07) is 0. The fourth-order valence-corrected chi connectivity index (χ4v) is 8.62. The van der Waals surface area contributed by atoms with Gasteiger partial charge in [0.05, 0.1) is 0 Å². The van der Waals surface area contributed by atoms with Gasteiger partial charge in [-0.2, -0.15) is 22.7 Å². The van der Waals surface area contributed by atoms with E-state index in [1.807, 2.05) is 22.7 Å². The van der Waals surface area contributed by atoms with Crippen LogP contribution in [0.15, 0.2) is 21.5 Å². The van der Waals surface area contributed by atoms with E-state index in [0.717, 1.165) is 0 Å². The smallest absolute Gasteiger partial charge is 0.115 e. The molecule has 0 unspecified atom stereocenters. The minimum atomic E-state index is -1.42. The topological polar surface area (TPSA) is 0 Å². The van der Waals surface area contributed by atoms with Crippen molar-refractivity contribution in [1.82, 2.24) is 0 Å². The van der Waals surface area contributed by atoms with Crippen LogP contribution in [0.2, 0.25) is 13.1 Å². The summed E-state index contributed by atoms with van der Waals surface area (Å²) in [6.07, 6.45) is 4.55. The molecule has 0 bridgehead atoms. The van der Waals surface area contributed by atoms with Crippen molar-refractivity contribution in [2.45, 2.75) is 13.1 Å². The van der Waals surface area contributed by atoms with Crippen LogP contribution in [0.4, 0.5) is 0 Å². The van der Waals surface area contributed by atoms with Crippen LogP contribution in [-0.2, 0) is 0 Å². The summed E-state index contributed by atoms with van der Waals surface area (Å²) in [4.78, 5) is 0. The first-order valence-corrected chi connectivity index (χ1v) is 9.89. The molecule has 0 radical (unpaired) electrons. The first kappa shape index (κ1) is 9.57. The highest BCUT2D eigenvalue weighted by Crippen LogP contribution is 2.22. The lowest BCUT2D eigenvalue weighted by Gasteiger charge is -2.21. The second-order valence-electron chi connectivity index (χ2n) is 4.44. The van der Waals surface area contributed by atoms with E-state index in [2.05, 4.69) is 46.8 Å². The molecule has 0 nitrogen and oxygen atoms in total. The van der Waals surface area contributed by atoms with Crippen molar-refractivity contribution >= 4 is 53.3 Å². The standard InChI is InChI=1S/C12H12S2Si/c1-15(2)11-7-13-5-9(11)3-4-10-6-14-8-12(10)15/h3-8H,1-2H3. The van der Waals surface area contributed by atoms with Gasteiger partial charge in [-0.3, -0.25) is 0 Å². The molecular formula is C12H12S2Si. The molecule has 0 aromatic carbocycles. The lowest BCUT2D eigenvalue weighted by Crippen LogP contribution is -2.53. The third-order valence-electron chi connectivity index (χ3n) is 3.17. The van der Waals surface area contributed by atoms with Gasteiger partial charge in [-0.05, 0) is 43.0 Å². The number of fused-ring (bicyclic) bond motifs is 2. The molecule has 0 spiro atoms. The van der Waals surface area contributed by atoms with Crippen molar-refractivity contribution in [2.24, 2.45) is 0 Å². The zero-order valence-electron chi connectivity index (χ0n) is 8.78. The van der Waals surface area contributed by atoms with E-state index in [1.165, 1.54) is 11.1 Å². The van der Waals surface area contributed by atoms with E-state index < -0.39 is 8.07 Å². The van der Waals surface area contributed by atoms with Crippen molar-refractivity contribution in [3.8, 4) is 0 Å². The summed E-state index contributed by atoms with van der Waals surface area (Å²) < 4.78 is 0. The second kappa shape index (κ2) is 3.17. The van der Waals surface area contributed by atoms with Gasteiger partial charge in [0.15, 0.2) is 0 Å². The van der Waals surface area contributed by atoms with Crippen LogP contribution < -0.4 is 10.4 Å². The van der Waals surface area contributed by atoms with Gasteiger partial charge >= 0.3 is 0 Å². The highest BCUT2D eigenvalue weighted by molar-refractivity contribution is 7.15. The predicted octanol–water partition coefficient (Wildman–Crippen LogP) is 3.12. The molecule has 1 aliphatic rings. The molecule has 2 aromatic heterocycles. The van der Waals surface area contributed by atoms with Crippen molar-refractivity contribution in [3.05, 3.63) is 32.6 Å². The Balaban J connectivity index is 2.34. The Morgan fingerprint density at radius 3 is 1.73 bits per heavy atom. The Labute approximate surface area is 98.9 Å². The molecule has 1 aliphatic heterocycles. The van der Waals surface area contributed by atoms with E-state index in [-0.39, 0.29) is 0 Å². The van der Waals surface area contributed by atoms with Crippen molar-refractivity contribution in [1.29, 1.82) is 0 Å².